The molecule has 1 atom stereocenters. The fraction of sp³-hybridized carbons (Fsp3) is 0.375. The van der Waals surface area contributed by atoms with Crippen LogP contribution in [0.1, 0.15) is 27.3 Å². The summed E-state index contributed by atoms with van der Waals surface area (Å²) < 4.78 is 1.96. The Bertz CT molecular complexity index is 661. The molecule has 1 amide bonds. The fourth-order valence-electron chi connectivity index (χ4n) is 2.78. The number of carbonyl (C=O) groups excluding carboxylic acids is 1. The molecule has 110 valence electrons. The zero-order chi connectivity index (χ0) is 15.0. The number of aryl methyl sites for hydroxylation is 2. The normalized spacial score (nSPS) is 17.7. The zero-order valence-corrected chi connectivity index (χ0v) is 12.3. The van der Waals surface area contributed by atoms with Gasteiger partial charge in [0.25, 0.3) is 5.91 Å². The van der Waals surface area contributed by atoms with Crippen molar-refractivity contribution in [3.8, 4) is 0 Å². The number of carbonyl (C=O) groups is 1. The van der Waals surface area contributed by atoms with Crippen LogP contribution in [-0.4, -0.2) is 38.1 Å². The molecule has 1 aliphatic rings. The molecule has 0 radical (unpaired) electrons. The van der Waals surface area contributed by atoms with Crippen molar-refractivity contribution in [1.29, 1.82) is 0 Å². The number of aliphatic hydroxyl groups is 1. The third-order valence-electron chi connectivity index (χ3n) is 4.11. The van der Waals surface area contributed by atoms with E-state index in [0.29, 0.717) is 18.5 Å². The van der Waals surface area contributed by atoms with E-state index in [-0.39, 0.29) is 18.6 Å². The van der Waals surface area contributed by atoms with Crippen molar-refractivity contribution in [1.82, 2.24) is 14.5 Å². The van der Waals surface area contributed by atoms with Gasteiger partial charge in [-0.05, 0) is 19.1 Å². The lowest BCUT2D eigenvalue weighted by atomic mass is 10.0. The summed E-state index contributed by atoms with van der Waals surface area (Å²) in [6.07, 6.45) is 2.40. The minimum atomic E-state index is -0.193. The van der Waals surface area contributed by atoms with Gasteiger partial charge in [-0.25, -0.2) is 4.98 Å². The molecule has 2 heterocycles. The average molecular weight is 285 g/mol. The van der Waals surface area contributed by atoms with Crippen molar-refractivity contribution in [2.75, 3.05) is 6.61 Å². The van der Waals surface area contributed by atoms with Crippen LogP contribution in [0.15, 0.2) is 30.6 Å². The molecule has 0 saturated carbocycles. The quantitative estimate of drug-likeness (QED) is 0.904. The van der Waals surface area contributed by atoms with Crippen molar-refractivity contribution in [2.45, 2.75) is 25.9 Å². The van der Waals surface area contributed by atoms with Crippen molar-refractivity contribution in [2.24, 2.45) is 7.05 Å². The van der Waals surface area contributed by atoms with E-state index in [4.69, 9.17) is 0 Å². The maximum Gasteiger partial charge on any atom is 0.254 e. The van der Waals surface area contributed by atoms with Gasteiger partial charge in [-0.1, -0.05) is 17.7 Å². The van der Waals surface area contributed by atoms with E-state index in [1.165, 1.54) is 0 Å². The molecule has 1 aromatic carbocycles. The molecule has 2 aromatic rings. The maximum absolute atomic E-state index is 12.7. The summed E-state index contributed by atoms with van der Waals surface area (Å²) in [7, 11) is 1.94. The van der Waals surface area contributed by atoms with Crippen LogP contribution in [0.3, 0.4) is 0 Å². The van der Waals surface area contributed by atoms with E-state index in [1.54, 1.807) is 11.2 Å². The third kappa shape index (κ3) is 2.45. The summed E-state index contributed by atoms with van der Waals surface area (Å²) in [5, 5.41) is 9.63. The second kappa shape index (κ2) is 5.33. The summed E-state index contributed by atoms with van der Waals surface area (Å²) in [5.41, 5.74) is 3.79. The van der Waals surface area contributed by atoms with Crippen LogP contribution in [0.2, 0.25) is 0 Å². The van der Waals surface area contributed by atoms with Crippen LogP contribution in [0.25, 0.3) is 0 Å². The molecule has 3 rings (SSSR count). The summed E-state index contributed by atoms with van der Waals surface area (Å²) >= 11 is 0. The SMILES string of the molecule is Cc1ccc(C(=O)N2Cc3ncn(C)c3C[C@@H]2CO)cc1. The highest BCUT2D eigenvalue weighted by molar-refractivity contribution is 5.94. The van der Waals surface area contributed by atoms with Crippen LogP contribution < -0.4 is 0 Å². The van der Waals surface area contributed by atoms with Gasteiger partial charge >= 0.3 is 0 Å². The Kier molecular flexibility index (Phi) is 3.51. The largest absolute Gasteiger partial charge is 0.394 e. The smallest absolute Gasteiger partial charge is 0.254 e. The minimum absolute atomic E-state index is 0.0395. The topological polar surface area (TPSA) is 58.4 Å². The number of nitrogens with zero attached hydrogens (tertiary/aromatic N) is 3. The number of benzene rings is 1. The van der Waals surface area contributed by atoms with E-state index < -0.39 is 0 Å². The molecule has 0 aliphatic carbocycles. The number of imidazole rings is 1. The first-order chi connectivity index (χ1) is 10.1. The lowest BCUT2D eigenvalue weighted by molar-refractivity contribution is 0.0536. The van der Waals surface area contributed by atoms with Crippen LogP contribution in [0, 0.1) is 6.92 Å². The standard InChI is InChI=1S/C16H19N3O2/c1-11-3-5-12(6-4-11)16(21)19-8-14-15(7-13(19)9-20)18(2)10-17-14/h3-6,10,13,20H,7-9H2,1-2H3/t13-/m1/s1. The number of hydrogen-bond donors (Lipinski definition) is 1. The van der Waals surface area contributed by atoms with Crippen LogP contribution >= 0.6 is 0 Å². The molecule has 1 N–H and O–H groups in total. The average Bonchev–Trinajstić information content (AvgIpc) is 2.86. The van der Waals surface area contributed by atoms with Gasteiger partial charge in [-0.15, -0.1) is 0 Å². The molecular weight excluding hydrogens is 266 g/mol. The molecular formula is C16H19N3O2. The number of aromatic nitrogens is 2. The molecule has 0 saturated heterocycles. The molecule has 1 aliphatic heterocycles. The monoisotopic (exact) mass is 285 g/mol. The first-order valence-electron chi connectivity index (χ1n) is 7.07. The van der Waals surface area contributed by atoms with Crippen LogP contribution in [0.4, 0.5) is 0 Å². The molecule has 5 heteroatoms. The molecule has 0 unspecified atom stereocenters. The van der Waals surface area contributed by atoms with Gasteiger partial charge < -0.3 is 14.6 Å². The maximum atomic E-state index is 12.7. The number of rotatable bonds is 2. The molecule has 5 nitrogen and oxygen atoms in total. The Balaban J connectivity index is 1.90. The Labute approximate surface area is 123 Å². The molecule has 21 heavy (non-hydrogen) atoms. The van der Waals surface area contributed by atoms with E-state index in [2.05, 4.69) is 4.98 Å². The van der Waals surface area contributed by atoms with Gasteiger partial charge in [-0.3, -0.25) is 4.79 Å². The minimum Gasteiger partial charge on any atom is -0.394 e. The first kappa shape index (κ1) is 13.8. The lowest BCUT2D eigenvalue weighted by Crippen LogP contribution is -2.46. The lowest BCUT2D eigenvalue weighted by Gasteiger charge is -2.34. The van der Waals surface area contributed by atoms with E-state index >= 15 is 0 Å². The van der Waals surface area contributed by atoms with Crippen LogP contribution in [-0.2, 0) is 20.0 Å². The summed E-state index contributed by atoms with van der Waals surface area (Å²) in [4.78, 5) is 18.8. The third-order valence-corrected chi connectivity index (χ3v) is 4.11. The summed E-state index contributed by atoms with van der Waals surface area (Å²) in [6, 6.07) is 7.33. The number of fused-ring (bicyclic) bond motifs is 1. The summed E-state index contributed by atoms with van der Waals surface area (Å²) in [6.45, 7) is 2.40. The molecule has 0 spiro atoms. The van der Waals surface area contributed by atoms with Crippen molar-refractivity contribution in [3.63, 3.8) is 0 Å². The van der Waals surface area contributed by atoms with Crippen molar-refractivity contribution >= 4 is 5.91 Å². The first-order valence-corrected chi connectivity index (χ1v) is 7.07. The van der Waals surface area contributed by atoms with E-state index in [9.17, 15) is 9.90 Å². The highest BCUT2D eigenvalue weighted by Gasteiger charge is 2.32. The summed E-state index contributed by atoms with van der Waals surface area (Å²) in [5.74, 6) is -0.0506. The van der Waals surface area contributed by atoms with Gasteiger partial charge in [0.1, 0.15) is 0 Å². The predicted molar refractivity (Wildman–Crippen MR) is 78.8 cm³/mol. The number of aliphatic hydroxyl groups excluding tert-OH is 1. The zero-order valence-electron chi connectivity index (χ0n) is 12.3. The molecule has 1 aromatic heterocycles. The van der Waals surface area contributed by atoms with Crippen molar-refractivity contribution in [3.05, 3.63) is 53.1 Å². The van der Waals surface area contributed by atoms with Gasteiger partial charge in [0, 0.05) is 24.7 Å². The Hall–Kier alpha value is -2.14. The molecule has 0 bridgehead atoms. The second-order valence-electron chi connectivity index (χ2n) is 5.59. The highest BCUT2D eigenvalue weighted by Crippen LogP contribution is 2.23. The Morgan fingerprint density at radius 3 is 2.76 bits per heavy atom. The highest BCUT2D eigenvalue weighted by atomic mass is 16.3. The Morgan fingerprint density at radius 2 is 2.10 bits per heavy atom. The van der Waals surface area contributed by atoms with Gasteiger partial charge in [0.05, 0.1) is 31.2 Å². The van der Waals surface area contributed by atoms with Crippen molar-refractivity contribution < 1.29 is 9.90 Å². The van der Waals surface area contributed by atoms with E-state index in [0.717, 1.165) is 17.0 Å². The van der Waals surface area contributed by atoms with E-state index in [1.807, 2.05) is 42.8 Å². The van der Waals surface area contributed by atoms with Gasteiger partial charge in [0.15, 0.2) is 0 Å². The Morgan fingerprint density at radius 1 is 1.38 bits per heavy atom. The van der Waals surface area contributed by atoms with Crippen LogP contribution in [0.5, 0.6) is 0 Å². The molecule has 0 fully saturated rings. The van der Waals surface area contributed by atoms with Gasteiger partial charge in [0.2, 0.25) is 0 Å². The number of hydrogen-bond acceptors (Lipinski definition) is 3. The number of amides is 1. The fourth-order valence-corrected chi connectivity index (χ4v) is 2.78. The second-order valence-corrected chi connectivity index (χ2v) is 5.59. The predicted octanol–water partition coefficient (Wildman–Crippen LogP) is 1.29. The van der Waals surface area contributed by atoms with Gasteiger partial charge in [-0.2, -0.15) is 0 Å².